The predicted octanol–water partition coefficient (Wildman–Crippen LogP) is 5.23. The predicted molar refractivity (Wildman–Crippen MR) is 104 cm³/mol. The maximum Gasteiger partial charge on any atom is 0.302 e. The summed E-state index contributed by atoms with van der Waals surface area (Å²) in [5.41, 5.74) is 0.466. The topological polar surface area (TPSA) is 55.8 Å². The molecule has 0 aliphatic heterocycles. The summed E-state index contributed by atoms with van der Waals surface area (Å²) in [5, 5.41) is 9.47. The van der Waals surface area contributed by atoms with Crippen LogP contribution >= 0.6 is 0 Å². The van der Waals surface area contributed by atoms with Gasteiger partial charge < -0.3 is 4.74 Å². The van der Waals surface area contributed by atoms with Gasteiger partial charge >= 0.3 is 5.97 Å². The highest BCUT2D eigenvalue weighted by Crippen LogP contribution is 2.67. The molecule has 0 saturated heterocycles. The molecule has 0 aromatic rings. The fraction of sp³-hybridized carbons (Fsp3) is 0.870. The van der Waals surface area contributed by atoms with Crippen molar-refractivity contribution in [1.29, 1.82) is 0 Å². The average Bonchev–Trinajstić information content (AvgIpc) is 2.98. The van der Waals surface area contributed by atoms with Gasteiger partial charge in [-0.2, -0.15) is 0 Å². The smallest absolute Gasteiger partial charge is 0.302 e. The van der Waals surface area contributed by atoms with Crippen LogP contribution in [0.4, 0.5) is 0 Å². The molecule has 0 spiro atoms. The molecule has 0 aromatic heterocycles. The van der Waals surface area contributed by atoms with Crippen molar-refractivity contribution >= 4 is 5.97 Å². The highest BCUT2D eigenvalue weighted by Gasteiger charge is 2.61. The van der Waals surface area contributed by atoms with E-state index in [1.807, 2.05) is 0 Å². The molecule has 4 aliphatic carbocycles. The van der Waals surface area contributed by atoms with Gasteiger partial charge in [0.15, 0.2) is 0 Å². The van der Waals surface area contributed by atoms with Crippen molar-refractivity contribution in [3.8, 4) is 0 Å². The van der Waals surface area contributed by atoms with Gasteiger partial charge in [0.25, 0.3) is 0 Å². The average molecular weight is 377 g/mol. The van der Waals surface area contributed by atoms with E-state index in [1.165, 1.54) is 45.4 Å². The van der Waals surface area contributed by atoms with Gasteiger partial charge in [-0.15, -0.1) is 6.58 Å². The van der Waals surface area contributed by atoms with Gasteiger partial charge in [0.05, 0.1) is 6.61 Å². The van der Waals surface area contributed by atoms with Crippen molar-refractivity contribution in [2.45, 2.75) is 77.7 Å². The van der Waals surface area contributed by atoms with Crippen LogP contribution in [0.1, 0.15) is 71.6 Å². The number of hydrogen-bond donors (Lipinski definition) is 1. The lowest BCUT2D eigenvalue weighted by atomic mass is 9.44. The molecule has 4 aliphatic rings. The van der Waals surface area contributed by atoms with E-state index in [1.54, 1.807) is 0 Å². The van der Waals surface area contributed by atoms with Crippen molar-refractivity contribution in [2.24, 2.45) is 40.4 Å². The Bertz CT molecular complexity index is 589. The molecular weight excluding hydrogens is 340 g/mol. The Hall–Kier alpha value is -0.870. The molecule has 4 fully saturated rings. The van der Waals surface area contributed by atoms with Gasteiger partial charge in [-0.25, -0.2) is 4.89 Å². The second-order valence-corrected chi connectivity index (χ2v) is 10.1. The number of allylic oxidation sites excluding steroid dienone is 1. The molecule has 8 atom stereocenters. The number of rotatable bonds is 4. The standard InChI is InChI=1S/C23H36O4/c1-4-16-6-8-20-19-7-5-17-13-18(27-15(2)24)9-12-23(17,14-26-25)21(19)10-11-22(16,20)3/h4,16-21,25H,1,5-14H2,2-3H3/t16-,17-,18-,19-,20-,21-,22+,23+/m0/s1. The van der Waals surface area contributed by atoms with Crippen LogP contribution in [0.5, 0.6) is 0 Å². The van der Waals surface area contributed by atoms with E-state index in [9.17, 15) is 10.1 Å². The summed E-state index contributed by atoms with van der Waals surface area (Å²) in [6, 6.07) is 0. The lowest BCUT2D eigenvalue weighted by molar-refractivity contribution is -0.291. The summed E-state index contributed by atoms with van der Waals surface area (Å²) in [6.07, 6.45) is 12.7. The summed E-state index contributed by atoms with van der Waals surface area (Å²) in [4.78, 5) is 16.3. The number of ether oxygens (including phenoxy) is 1. The number of carbonyl (C=O) groups excluding carboxylic acids is 1. The van der Waals surface area contributed by atoms with Crippen LogP contribution in [0.3, 0.4) is 0 Å². The molecule has 0 amide bonds. The van der Waals surface area contributed by atoms with Crippen molar-refractivity contribution in [3.63, 3.8) is 0 Å². The zero-order chi connectivity index (χ0) is 19.2. The summed E-state index contributed by atoms with van der Waals surface area (Å²) in [7, 11) is 0. The molecule has 4 saturated carbocycles. The number of fused-ring (bicyclic) bond motifs is 5. The quantitative estimate of drug-likeness (QED) is 0.316. The van der Waals surface area contributed by atoms with Gasteiger partial charge in [-0.05, 0) is 92.8 Å². The Labute approximate surface area is 163 Å². The minimum Gasteiger partial charge on any atom is -0.463 e. The summed E-state index contributed by atoms with van der Waals surface area (Å²) >= 11 is 0. The highest BCUT2D eigenvalue weighted by molar-refractivity contribution is 5.66. The van der Waals surface area contributed by atoms with E-state index in [0.717, 1.165) is 31.1 Å². The Morgan fingerprint density at radius 3 is 2.67 bits per heavy atom. The molecule has 152 valence electrons. The summed E-state index contributed by atoms with van der Waals surface area (Å²) in [5.74, 6) is 3.13. The highest BCUT2D eigenvalue weighted by atomic mass is 17.1. The molecule has 1 N–H and O–H groups in total. The molecule has 0 radical (unpaired) electrons. The van der Waals surface area contributed by atoms with Gasteiger partial charge in [0.1, 0.15) is 6.10 Å². The second-order valence-electron chi connectivity index (χ2n) is 10.1. The molecule has 4 heteroatoms. The Morgan fingerprint density at radius 2 is 1.96 bits per heavy atom. The van der Waals surface area contributed by atoms with E-state index in [4.69, 9.17) is 9.62 Å². The molecule has 0 heterocycles. The minimum absolute atomic E-state index is 0.0429. The van der Waals surface area contributed by atoms with Gasteiger partial charge in [-0.1, -0.05) is 13.0 Å². The summed E-state index contributed by atoms with van der Waals surface area (Å²) < 4.78 is 5.56. The van der Waals surface area contributed by atoms with E-state index >= 15 is 0 Å². The molecule has 4 nitrogen and oxygen atoms in total. The molecule has 27 heavy (non-hydrogen) atoms. The Morgan fingerprint density at radius 1 is 1.15 bits per heavy atom. The lowest BCUT2D eigenvalue weighted by Gasteiger charge is -2.61. The monoisotopic (exact) mass is 376 g/mol. The molecular formula is C23H36O4. The van der Waals surface area contributed by atoms with Crippen LogP contribution in [0.15, 0.2) is 12.7 Å². The second kappa shape index (κ2) is 7.18. The SMILES string of the molecule is C=C[C@H]1CC[C@H]2[C@@H]3CC[C@H]4C[C@@H](OC(C)=O)CC[C@]4(COO)[C@H]3CC[C@]12C. The van der Waals surface area contributed by atoms with E-state index in [0.29, 0.717) is 29.8 Å². The first-order chi connectivity index (χ1) is 12.9. The van der Waals surface area contributed by atoms with Crippen LogP contribution in [-0.2, 0) is 14.4 Å². The first kappa shape index (κ1) is 19.4. The van der Waals surface area contributed by atoms with E-state index in [2.05, 4.69) is 19.6 Å². The largest absolute Gasteiger partial charge is 0.463 e. The van der Waals surface area contributed by atoms with Gasteiger partial charge in [0.2, 0.25) is 0 Å². The lowest BCUT2D eigenvalue weighted by Crippen LogP contribution is -2.57. The number of carbonyl (C=O) groups is 1. The normalized spacial score (nSPS) is 48.9. The molecule has 4 rings (SSSR count). The van der Waals surface area contributed by atoms with Crippen LogP contribution in [0.2, 0.25) is 0 Å². The molecule has 0 unspecified atom stereocenters. The van der Waals surface area contributed by atoms with E-state index in [-0.39, 0.29) is 17.5 Å². The van der Waals surface area contributed by atoms with E-state index < -0.39 is 0 Å². The van der Waals surface area contributed by atoms with Crippen molar-refractivity contribution in [2.75, 3.05) is 6.61 Å². The van der Waals surface area contributed by atoms with Crippen LogP contribution in [0.25, 0.3) is 0 Å². The van der Waals surface area contributed by atoms with Gasteiger partial charge in [0, 0.05) is 12.3 Å². The van der Waals surface area contributed by atoms with Gasteiger partial charge in [-0.3, -0.25) is 10.1 Å². The fourth-order valence-corrected chi connectivity index (χ4v) is 8.18. The fourth-order valence-electron chi connectivity index (χ4n) is 8.18. The van der Waals surface area contributed by atoms with Crippen molar-refractivity contribution in [3.05, 3.63) is 12.7 Å². The Balaban J connectivity index is 1.59. The molecule has 0 aromatic carbocycles. The molecule has 0 bridgehead atoms. The van der Waals surface area contributed by atoms with Crippen LogP contribution in [-0.4, -0.2) is 23.9 Å². The zero-order valence-corrected chi connectivity index (χ0v) is 17.0. The number of esters is 1. The minimum atomic E-state index is -0.172. The zero-order valence-electron chi connectivity index (χ0n) is 17.0. The van der Waals surface area contributed by atoms with Crippen molar-refractivity contribution in [1.82, 2.24) is 0 Å². The van der Waals surface area contributed by atoms with Crippen LogP contribution in [0, 0.1) is 40.4 Å². The maximum absolute atomic E-state index is 11.4. The van der Waals surface area contributed by atoms with Crippen LogP contribution < -0.4 is 0 Å². The first-order valence-corrected chi connectivity index (χ1v) is 11.0. The third-order valence-electron chi connectivity index (χ3n) is 9.34. The third-order valence-corrected chi connectivity index (χ3v) is 9.34. The third kappa shape index (κ3) is 2.98. The summed E-state index contributed by atoms with van der Waals surface area (Å²) in [6.45, 7) is 8.59. The van der Waals surface area contributed by atoms with Crippen molar-refractivity contribution < 1.29 is 19.7 Å². The number of hydrogen-bond acceptors (Lipinski definition) is 4. The Kier molecular flexibility index (Phi) is 5.17. The maximum atomic E-state index is 11.4. The first-order valence-electron chi connectivity index (χ1n) is 11.0.